The Bertz CT molecular complexity index is 279. The van der Waals surface area contributed by atoms with Crippen LogP contribution in [0.15, 0.2) is 16.5 Å². The van der Waals surface area contributed by atoms with Gasteiger partial charge in [0.05, 0.1) is 12.5 Å². The Hall–Kier alpha value is -0.970. The molecule has 5 heteroatoms. The van der Waals surface area contributed by atoms with E-state index < -0.39 is 18.6 Å². The van der Waals surface area contributed by atoms with E-state index in [1.807, 2.05) is 0 Å². The first-order valence-corrected chi connectivity index (χ1v) is 3.77. The summed E-state index contributed by atoms with van der Waals surface area (Å²) in [4.78, 5) is 0. The molecule has 1 unspecified atom stereocenters. The minimum absolute atomic E-state index is 0.176. The second-order valence-corrected chi connectivity index (χ2v) is 2.87. The Labute approximate surface area is 73.5 Å². The van der Waals surface area contributed by atoms with E-state index in [0.717, 1.165) is 0 Å². The lowest BCUT2D eigenvalue weighted by Gasteiger charge is -2.11. The fourth-order valence-electron chi connectivity index (χ4n) is 1.00. The standard InChI is InChI=1S/C8H10F3NO/c1-5-2-3-7(13-5)6(12)4-8(9,10)11/h2-3,6H,4,12H2,1H3. The summed E-state index contributed by atoms with van der Waals surface area (Å²) in [6, 6.07) is 1.95. The highest BCUT2D eigenvalue weighted by Gasteiger charge is 2.31. The minimum Gasteiger partial charge on any atom is -0.465 e. The van der Waals surface area contributed by atoms with Crippen molar-refractivity contribution in [2.75, 3.05) is 0 Å². The Morgan fingerprint density at radius 3 is 2.46 bits per heavy atom. The zero-order valence-corrected chi connectivity index (χ0v) is 7.06. The summed E-state index contributed by atoms with van der Waals surface area (Å²) in [7, 11) is 0. The van der Waals surface area contributed by atoms with Gasteiger partial charge in [0, 0.05) is 0 Å². The van der Waals surface area contributed by atoms with Crippen LogP contribution in [0.4, 0.5) is 13.2 Å². The van der Waals surface area contributed by atoms with Crippen molar-refractivity contribution < 1.29 is 17.6 Å². The fraction of sp³-hybridized carbons (Fsp3) is 0.500. The van der Waals surface area contributed by atoms with Gasteiger partial charge in [-0.1, -0.05) is 0 Å². The van der Waals surface area contributed by atoms with Crippen LogP contribution in [-0.2, 0) is 0 Å². The summed E-state index contributed by atoms with van der Waals surface area (Å²) in [5.74, 6) is 0.738. The van der Waals surface area contributed by atoms with Gasteiger partial charge in [0.15, 0.2) is 0 Å². The van der Waals surface area contributed by atoms with Gasteiger partial charge in [-0.2, -0.15) is 13.2 Å². The predicted octanol–water partition coefficient (Wildman–Crippen LogP) is 2.54. The third-order valence-corrected chi connectivity index (χ3v) is 1.58. The average molecular weight is 193 g/mol. The molecule has 0 aliphatic heterocycles. The SMILES string of the molecule is Cc1ccc(C(N)CC(F)(F)F)o1. The van der Waals surface area contributed by atoms with Crippen molar-refractivity contribution in [3.05, 3.63) is 23.7 Å². The van der Waals surface area contributed by atoms with Crippen molar-refractivity contribution in [3.8, 4) is 0 Å². The second kappa shape index (κ2) is 3.41. The summed E-state index contributed by atoms with van der Waals surface area (Å²) >= 11 is 0. The van der Waals surface area contributed by atoms with E-state index in [0.29, 0.717) is 5.76 Å². The van der Waals surface area contributed by atoms with E-state index in [4.69, 9.17) is 10.2 Å². The van der Waals surface area contributed by atoms with Crippen molar-refractivity contribution in [2.24, 2.45) is 5.73 Å². The predicted molar refractivity (Wildman–Crippen MR) is 41.0 cm³/mol. The Balaban J connectivity index is 2.64. The maximum absolute atomic E-state index is 11.9. The number of hydrogen-bond acceptors (Lipinski definition) is 2. The molecular weight excluding hydrogens is 183 g/mol. The second-order valence-electron chi connectivity index (χ2n) is 2.87. The molecule has 2 N–H and O–H groups in total. The van der Waals surface area contributed by atoms with Gasteiger partial charge < -0.3 is 10.2 Å². The van der Waals surface area contributed by atoms with Crippen LogP contribution in [-0.4, -0.2) is 6.18 Å². The van der Waals surface area contributed by atoms with Crippen LogP contribution in [0.5, 0.6) is 0 Å². The highest BCUT2D eigenvalue weighted by atomic mass is 19.4. The Kier molecular flexibility index (Phi) is 2.66. The molecular formula is C8H10F3NO. The van der Waals surface area contributed by atoms with Gasteiger partial charge in [0.2, 0.25) is 0 Å². The molecule has 0 spiro atoms. The molecule has 0 aromatic carbocycles. The van der Waals surface area contributed by atoms with Gasteiger partial charge in [-0.05, 0) is 19.1 Å². The first-order valence-electron chi connectivity index (χ1n) is 3.77. The maximum Gasteiger partial charge on any atom is 0.391 e. The van der Waals surface area contributed by atoms with Gasteiger partial charge in [-0.25, -0.2) is 0 Å². The number of nitrogens with two attached hydrogens (primary N) is 1. The number of hydrogen-bond donors (Lipinski definition) is 1. The summed E-state index contributed by atoms with van der Waals surface area (Å²) in [6.45, 7) is 1.66. The van der Waals surface area contributed by atoms with Crippen molar-refractivity contribution in [1.82, 2.24) is 0 Å². The van der Waals surface area contributed by atoms with Gasteiger partial charge >= 0.3 is 6.18 Å². The van der Waals surface area contributed by atoms with E-state index in [-0.39, 0.29) is 5.76 Å². The molecule has 0 saturated heterocycles. The van der Waals surface area contributed by atoms with Crippen molar-refractivity contribution in [2.45, 2.75) is 25.6 Å². The van der Waals surface area contributed by atoms with Gasteiger partial charge in [0.25, 0.3) is 0 Å². The summed E-state index contributed by atoms with van der Waals surface area (Å²) in [5, 5.41) is 0. The van der Waals surface area contributed by atoms with Crippen molar-refractivity contribution in [1.29, 1.82) is 0 Å². The van der Waals surface area contributed by atoms with E-state index in [1.54, 1.807) is 13.0 Å². The molecule has 1 rings (SSSR count). The van der Waals surface area contributed by atoms with E-state index in [9.17, 15) is 13.2 Å². The van der Waals surface area contributed by atoms with Crippen LogP contribution in [0.2, 0.25) is 0 Å². The zero-order chi connectivity index (χ0) is 10.1. The smallest absolute Gasteiger partial charge is 0.391 e. The van der Waals surface area contributed by atoms with Gasteiger partial charge in [-0.3, -0.25) is 0 Å². The number of alkyl halides is 3. The molecule has 1 heterocycles. The van der Waals surface area contributed by atoms with E-state index >= 15 is 0 Å². The van der Waals surface area contributed by atoms with Gasteiger partial charge in [-0.15, -0.1) is 0 Å². The molecule has 0 aliphatic rings. The molecule has 0 radical (unpaired) electrons. The molecule has 0 fully saturated rings. The number of rotatable bonds is 2. The van der Waals surface area contributed by atoms with Crippen LogP contribution in [0, 0.1) is 6.92 Å². The third-order valence-electron chi connectivity index (χ3n) is 1.58. The lowest BCUT2D eigenvalue weighted by Crippen LogP contribution is -2.19. The monoisotopic (exact) mass is 193 g/mol. The lowest BCUT2D eigenvalue weighted by molar-refractivity contribution is -0.139. The third kappa shape index (κ3) is 3.10. The van der Waals surface area contributed by atoms with Gasteiger partial charge in [0.1, 0.15) is 11.5 Å². The first-order chi connectivity index (χ1) is 5.88. The zero-order valence-electron chi connectivity index (χ0n) is 7.06. The van der Waals surface area contributed by atoms with Crippen LogP contribution in [0.25, 0.3) is 0 Å². The molecule has 0 saturated carbocycles. The number of halogens is 3. The Morgan fingerprint density at radius 1 is 1.46 bits per heavy atom. The van der Waals surface area contributed by atoms with Crippen LogP contribution >= 0.6 is 0 Å². The summed E-state index contributed by atoms with van der Waals surface area (Å²) < 4.78 is 40.6. The molecule has 0 amide bonds. The molecule has 1 aromatic heterocycles. The van der Waals surface area contributed by atoms with E-state index in [2.05, 4.69) is 0 Å². The Morgan fingerprint density at radius 2 is 2.08 bits per heavy atom. The molecule has 1 atom stereocenters. The van der Waals surface area contributed by atoms with Crippen LogP contribution in [0.1, 0.15) is 24.0 Å². The molecule has 0 bridgehead atoms. The summed E-state index contributed by atoms with van der Waals surface area (Å²) in [6.07, 6.45) is -5.31. The normalized spacial score (nSPS) is 14.5. The van der Waals surface area contributed by atoms with E-state index in [1.165, 1.54) is 6.07 Å². The average Bonchev–Trinajstić information content (AvgIpc) is 2.31. The molecule has 1 aromatic rings. The highest BCUT2D eigenvalue weighted by Crippen LogP contribution is 2.28. The molecule has 74 valence electrons. The quantitative estimate of drug-likeness (QED) is 0.783. The fourth-order valence-corrected chi connectivity index (χ4v) is 1.00. The first kappa shape index (κ1) is 10.1. The molecule has 13 heavy (non-hydrogen) atoms. The largest absolute Gasteiger partial charge is 0.465 e. The molecule has 2 nitrogen and oxygen atoms in total. The number of furan rings is 1. The van der Waals surface area contributed by atoms with Crippen LogP contribution < -0.4 is 5.73 Å². The topological polar surface area (TPSA) is 39.2 Å². The van der Waals surface area contributed by atoms with Crippen LogP contribution in [0.3, 0.4) is 0 Å². The summed E-state index contributed by atoms with van der Waals surface area (Å²) in [5.41, 5.74) is 5.28. The molecule has 0 aliphatic carbocycles. The minimum atomic E-state index is -4.25. The van der Waals surface area contributed by atoms with Crippen molar-refractivity contribution >= 4 is 0 Å². The van der Waals surface area contributed by atoms with Crippen molar-refractivity contribution in [3.63, 3.8) is 0 Å². The lowest BCUT2D eigenvalue weighted by atomic mass is 10.2. The highest BCUT2D eigenvalue weighted by molar-refractivity contribution is 5.09. The maximum atomic E-state index is 11.9. The number of aryl methyl sites for hydroxylation is 1.